The van der Waals surface area contributed by atoms with E-state index in [4.69, 9.17) is 4.74 Å². The van der Waals surface area contributed by atoms with Crippen molar-refractivity contribution in [3.8, 4) is 0 Å². The number of likely N-dealkylation sites (tertiary alicyclic amines) is 1. The summed E-state index contributed by atoms with van der Waals surface area (Å²) in [6.45, 7) is 17.9. The van der Waals surface area contributed by atoms with Gasteiger partial charge in [-0.15, -0.1) is 16.5 Å². The van der Waals surface area contributed by atoms with E-state index in [1.807, 2.05) is 57.3 Å². The summed E-state index contributed by atoms with van der Waals surface area (Å²) in [7, 11) is 0. The van der Waals surface area contributed by atoms with Gasteiger partial charge in [0, 0.05) is 23.1 Å². The van der Waals surface area contributed by atoms with Crippen molar-refractivity contribution in [1.29, 1.82) is 0 Å². The highest BCUT2D eigenvalue weighted by molar-refractivity contribution is 7.09. The van der Waals surface area contributed by atoms with Crippen molar-refractivity contribution in [2.24, 2.45) is 27.1 Å². The Balaban J connectivity index is 1.91. The van der Waals surface area contributed by atoms with Crippen molar-refractivity contribution >= 4 is 29.0 Å². The van der Waals surface area contributed by atoms with E-state index in [1.165, 1.54) is 11.3 Å². The molecule has 39 heavy (non-hydrogen) atoms. The Labute approximate surface area is 236 Å². The second-order valence-corrected chi connectivity index (χ2v) is 14.0. The number of carbonyl (C=O) groups excluding carboxylic acids is 2. The number of aliphatic imine (C=N–C) groups is 1. The second kappa shape index (κ2) is 10.6. The third-order valence-electron chi connectivity index (χ3n) is 7.19. The molecule has 0 spiro atoms. The molecular formula is C30H41N5O3S. The maximum absolute atomic E-state index is 14.6. The smallest absolute Gasteiger partial charge is 0.332 e. The maximum Gasteiger partial charge on any atom is 0.332 e. The molecule has 2 aliphatic rings. The first-order valence-corrected chi connectivity index (χ1v) is 14.5. The van der Waals surface area contributed by atoms with E-state index in [0.29, 0.717) is 24.2 Å². The van der Waals surface area contributed by atoms with Crippen LogP contribution in [0.4, 0.5) is 0 Å². The van der Waals surface area contributed by atoms with E-state index in [0.717, 1.165) is 10.6 Å². The number of azo groups is 1. The van der Waals surface area contributed by atoms with Crippen molar-refractivity contribution in [1.82, 2.24) is 9.88 Å². The number of amidine groups is 1. The number of hydrogen-bond donors (Lipinski definition) is 0. The molecule has 1 unspecified atom stereocenters. The van der Waals surface area contributed by atoms with Gasteiger partial charge in [-0.2, -0.15) is 5.11 Å². The maximum atomic E-state index is 14.6. The van der Waals surface area contributed by atoms with Gasteiger partial charge in [-0.3, -0.25) is 4.79 Å². The Morgan fingerprint density at radius 1 is 1.13 bits per heavy atom. The number of nitrogens with zero attached hydrogens (tertiary/aromatic N) is 5. The van der Waals surface area contributed by atoms with Gasteiger partial charge in [0.15, 0.2) is 6.17 Å². The second-order valence-electron chi connectivity index (χ2n) is 13.1. The van der Waals surface area contributed by atoms with Gasteiger partial charge < -0.3 is 9.64 Å². The van der Waals surface area contributed by atoms with E-state index in [-0.39, 0.29) is 23.2 Å². The van der Waals surface area contributed by atoms with Gasteiger partial charge in [0.1, 0.15) is 22.0 Å². The van der Waals surface area contributed by atoms with Crippen molar-refractivity contribution in [2.75, 3.05) is 0 Å². The molecule has 9 heteroatoms. The van der Waals surface area contributed by atoms with Gasteiger partial charge in [0.2, 0.25) is 0 Å². The fraction of sp³-hybridized carbons (Fsp3) is 0.600. The summed E-state index contributed by atoms with van der Waals surface area (Å²) in [4.78, 5) is 40.0. The van der Waals surface area contributed by atoms with E-state index < -0.39 is 29.3 Å². The minimum atomic E-state index is -1.22. The van der Waals surface area contributed by atoms with Crippen LogP contribution < -0.4 is 0 Å². The molecular weight excluding hydrogens is 510 g/mol. The monoisotopic (exact) mass is 551 g/mol. The summed E-state index contributed by atoms with van der Waals surface area (Å²) in [6, 6.07) is 7.21. The lowest BCUT2D eigenvalue weighted by Gasteiger charge is -2.41. The van der Waals surface area contributed by atoms with Crippen LogP contribution >= 0.6 is 11.3 Å². The summed E-state index contributed by atoms with van der Waals surface area (Å²) in [5, 5.41) is 11.3. The molecule has 1 saturated heterocycles. The minimum absolute atomic E-state index is 0.0506. The molecule has 0 radical (unpaired) electrons. The number of carbonyl (C=O) groups is 2. The molecule has 0 bridgehead atoms. The molecule has 1 fully saturated rings. The summed E-state index contributed by atoms with van der Waals surface area (Å²) in [6.07, 6.45) is 2.03. The molecule has 1 aromatic carbocycles. The van der Waals surface area contributed by atoms with Crippen molar-refractivity contribution in [3.05, 3.63) is 52.0 Å². The van der Waals surface area contributed by atoms with Crippen LogP contribution in [0.5, 0.6) is 0 Å². The Bertz CT molecular complexity index is 1260. The largest absolute Gasteiger partial charge is 0.458 e. The highest BCUT2D eigenvalue weighted by atomic mass is 32.1. The van der Waals surface area contributed by atoms with Gasteiger partial charge in [-0.1, -0.05) is 46.8 Å². The number of aromatic nitrogens is 1. The van der Waals surface area contributed by atoms with Gasteiger partial charge in [-0.05, 0) is 69.6 Å². The number of rotatable bonds is 6. The zero-order valence-corrected chi connectivity index (χ0v) is 25.4. The third kappa shape index (κ3) is 5.98. The van der Waals surface area contributed by atoms with Crippen molar-refractivity contribution in [3.63, 3.8) is 0 Å². The molecule has 4 atom stereocenters. The molecule has 8 nitrogen and oxygen atoms in total. The van der Waals surface area contributed by atoms with Crippen molar-refractivity contribution < 1.29 is 14.3 Å². The quantitative estimate of drug-likeness (QED) is 0.362. The number of thiazole rings is 1. The Morgan fingerprint density at radius 3 is 2.28 bits per heavy atom. The van der Waals surface area contributed by atoms with Crippen LogP contribution in [0.15, 0.2) is 51.1 Å². The topological polar surface area (TPSA) is 96.6 Å². The van der Waals surface area contributed by atoms with Gasteiger partial charge in [0.25, 0.3) is 5.91 Å². The lowest BCUT2D eigenvalue weighted by atomic mass is 9.82. The average molecular weight is 552 g/mol. The predicted octanol–water partition coefficient (Wildman–Crippen LogP) is 6.98. The standard InChI is InChI=1S/C30H41N5O3S/c1-18(2)16-30(27(37)38-29(7,8)9)17-22(24-32-19(3)33-34-24)23(25-31-14-15-39-25)35(30)26(36)20-10-12-21(13-11-20)28(4,5)6/h10-15,18,22-24H,16-17H2,1-9H3/t22-,23-,24?,30+/m1/s1. The SMILES string of the molecule is CC1=NC([C@@H]2C[C@@](CC(C)C)(C(=O)OC(C)(C)C)N(C(=O)c3ccc(C(C)(C)C)cc3)[C@H]2c2nccs2)N=N1. The molecule has 1 amide bonds. The number of hydrogen-bond acceptors (Lipinski definition) is 8. The summed E-state index contributed by atoms with van der Waals surface area (Å²) < 4.78 is 6.06. The summed E-state index contributed by atoms with van der Waals surface area (Å²) in [5.41, 5.74) is -0.337. The van der Waals surface area contributed by atoms with Crippen LogP contribution in [0.25, 0.3) is 0 Å². The number of ether oxygens (including phenoxy) is 1. The lowest BCUT2D eigenvalue weighted by Crippen LogP contribution is -2.56. The number of esters is 1. The van der Waals surface area contributed by atoms with Gasteiger partial charge >= 0.3 is 5.97 Å². The molecule has 0 saturated carbocycles. The number of amides is 1. The fourth-order valence-electron chi connectivity index (χ4n) is 5.64. The molecule has 2 aliphatic heterocycles. The highest BCUT2D eigenvalue weighted by Crippen LogP contribution is 2.53. The van der Waals surface area contributed by atoms with Crippen molar-refractivity contribution in [2.45, 2.75) is 104 Å². The van der Waals surface area contributed by atoms with Gasteiger partial charge in [0.05, 0.1) is 6.04 Å². The summed E-state index contributed by atoms with van der Waals surface area (Å²) >= 11 is 1.47. The zero-order chi connectivity index (χ0) is 28.8. The van der Waals surface area contributed by atoms with Crippen LogP contribution in [0.2, 0.25) is 0 Å². The number of benzene rings is 1. The predicted molar refractivity (Wildman–Crippen MR) is 154 cm³/mol. The lowest BCUT2D eigenvalue weighted by molar-refractivity contribution is -0.168. The molecule has 3 heterocycles. The van der Waals surface area contributed by atoms with E-state index in [1.54, 1.807) is 11.1 Å². The van der Waals surface area contributed by atoms with E-state index in [2.05, 4.69) is 54.8 Å². The Kier molecular flexibility index (Phi) is 7.87. The highest BCUT2D eigenvalue weighted by Gasteiger charge is 2.62. The average Bonchev–Trinajstić information content (AvgIpc) is 3.56. The molecule has 2 aromatic rings. The fourth-order valence-corrected chi connectivity index (χ4v) is 6.44. The van der Waals surface area contributed by atoms with Crippen LogP contribution in [0.3, 0.4) is 0 Å². The van der Waals surface area contributed by atoms with Crippen LogP contribution in [0.1, 0.15) is 102 Å². The first kappa shape index (κ1) is 29.1. The zero-order valence-electron chi connectivity index (χ0n) is 24.6. The minimum Gasteiger partial charge on any atom is -0.458 e. The Hall–Kier alpha value is -2.94. The molecule has 210 valence electrons. The normalized spacial score (nSPS) is 25.3. The molecule has 1 aromatic heterocycles. The summed E-state index contributed by atoms with van der Waals surface area (Å²) in [5.74, 6) is -0.209. The van der Waals surface area contributed by atoms with Gasteiger partial charge in [-0.25, -0.2) is 14.8 Å². The van der Waals surface area contributed by atoms with E-state index >= 15 is 0 Å². The van der Waals surface area contributed by atoms with Crippen LogP contribution in [-0.4, -0.2) is 44.9 Å². The van der Waals surface area contributed by atoms with E-state index in [9.17, 15) is 9.59 Å². The third-order valence-corrected chi connectivity index (χ3v) is 8.03. The molecule has 0 aliphatic carbocycles. The van der Waals surface area contributed by atoms with Crippen LogP contribution in [-0.2, 0) is 14.9 Å². The first-order valence-electron chi connectivity index (χ1n) is 13.6. The molecule has 0 N–H and O–H groups in total. The Morgan fingerprint density at radius 2 is 1.79 bits per heavy atom. The molecule has 4 rings (SSSR count). The van der Waals surface area contributed by atoms with Crippen LogP contribution in [0, 0.1) is 11.8 Å². The first-order chi connectivity index (χ1) is 18.1.